The molecule has 1 aromatic carbocycles. The summed E-state index contributed by atoms with van der Waals surface area (Å²) in [5, 5.41) is 10.9. The number of carboxylic acid groups (broad SMARTS) is 1. The van der Waals surface area contributed by atoms with E-state index in [1.165, 1.54) is 14.2 Å². The minimum atomic E-state index is -1.19. The second-order valence-corrected chi connectivity index (χ2v) is 3.16. The first-order valence-electron chi connectivity index (χ1n) is 4.81. The summed E-state index contributed by atoms with van der Waals surface area (Å²) in [6.45, 7) is 0. The summed E-state index contributed by atoms with van der Waals surface area (Å²) in [4.78, 5) is 21.7. The van der Waals surface area contributed by atoms with Crippen LogP contribution in [0, 0.1) is 0 Å². The number of anilines is 1. The Labute approximate surface area is 98.2 Å². The van der Waals surface area contributed by atoms with Gasteiger partial charge in [0.05, 0.1) is 19.9 Å². The summed E-state index contributed by atoms with van der Waals surface area (Å²) in [5.74, 6) is -0.997. The summed E-state index contributed by atoms with van der Waals surface area (Å²) in [7, 11) is 2.91. The maximum Gasteiger partial charge on any atom is 0.312 e. The van der Waals surface area contributed by atoms with E-state index in [0.717, 1.165) is 0 Å². The van der Waals surface area contributed by atoms with Crippen LogP contribution in [-0.4, -0.2) is 31.2 Å². The zero-order valence-electron chi connectivity index (χ0n) is 9.52. The summed E-state index contributed by atoms with van der Waals surface area (Å²) >= 11 is 0. The van der Waals surface area contributed by atoms with E-state index in [0.29, 0.717) is 17.2 Å². The van der Waals surface area contributed by atoms with Gasteiger partial charge in [0.2, 0.25) is 5.91 Å². The fourth-order valence-corrected chi connectivity index (χ4v) is 1.32. The monoisotopic (exact) mass is 239 g/mol. The lowest BCUT2D eigenvalue weighted by atomic mass is 10.2. The van der Waals surface area contributed by atoms with Crippen molar-refractivity contribution >= 4 is 17.6 Å². The van der Waals surface area contributed by atoms with Crippen LogP contribution in [0.25, 0.3) is 0 Å². The van der Waals surface area contributed by atoms with Crippen molar-refractivity contribution in [2.24, 2.45) is 0 Å². The number of amides is 1. The standard InChI is InChI=1S/C11H13NO5/c1-16-8-5-3-4-7(11(8)17-2)12-9(13)6-10(14)15/h3-5H,6H2,1-2H3,(H,12,13)(H,14,15). The molecule has 1 aromatic rings. The Morgan fingerprint density at radius 2 is 2.00 bits per heavy atom. The predicted octanol–water partition coefficient (Wildman–Crippen LogP) is 1.12. The first-order valence-corrected chi connectivity index (χ1v) is 4.81. The third kappa shape index (κ3) is 3.37. The summed E-state index contributed by atoms with van der Waals surface area (Å²) in [6.07, 6.45) is -0.597. The van der Waals surface area contributed by atoms with Crippen LogP contribution in [-0.2, 0) is 9.59 Å². The van der Waals surface area contributed by atoms with Gasteiger partial charge in [0, 0.05) is 0 Å². The number of carbonyl (C=O) groups is 2. The van der Waals surface area contributed by atoms with Crippen molar-refractivity contribution in [3.63, 3.8) is 0 Å². The van der Waals surface area contributed by atoms with Gasteiger partial charge in [-0.3, -0.25) is 9.59 Å². The number of ether oxygens (including phenoxy) is 2. The lowest BCUT2D eigenvalue weighted by molar-refractivity contribution is -0.139. The molecule has 92 valence electrons. The lowest BCUT2D eigenvalue weighted by Gasteiger charge is -2.12. The molecule has 17 heavy (non-hydrogen) atoms. The molecule has 0 fully saturated rings. The van der Waals surface area contributed by atoms with Gasteiger partial charge in [-0.1, -0.05) is 6.07 Å². The van der Waals surface area contributed by atoms with Crippen molar-refractivity contribution in [3.05, 3.63) is 18.2 Å². The number of rotatable bonds is 5. The zero-order valence-corrected chi connectivity index (χ0v) is 9.52. The quantitative estimate of drug-likeness (QED) is 0.752. The predicted molar refractivity (Wildman–Crippen MR) is 60.4 cm³/mol. The van der Waals surface area contributed by atoms with Gasteiger partial charge in [-0.25, -0.2) is 0 Å². The molecule has 1 amide bonds. The molecule has 0 spiro atoms. The molecule has 6 heteroatoms. The number of carbonyl (C=O) groups excluding carboxylic acids is 1. The fraction of sp³-hybridized carbons (Fsp3) is 0.273. The molecule has 0 aliphatic rings. The molecule has 0 atom stereocenters. The van der Waals surface area contributed by atoms with Gasteiger partial charge in [0.25, 0.3) is 0 Å². The van der Waals surface area contributed by atoms with E-state index in [1.54, 1.807) is 18.2 Å². The maximum absolute atomic E-state index is 11.3. The topological polar surface area (TPSA) is 84.9 Å². The van der Waals surface area contributed by atoms with Gasteiger partial charge < -0.3 is 19.9 Å². The Morgan fingerprint density at radius 1 is 1.29 bits per heavy atom. The summed E-state index contributed by atoms with van der Waals surface area (Å²) in [5.41, 5.74) is 0.373. The normalized spacial score (nSPS) is 9.53. The van der Waals surface area contributed by atoms with Crippen molar-refractivity contribution < 1.29 is 24.2 Å². The van der Waals surface area contributed by atoms with Crippen molar-refractivity contribution in [2.45, 2.75) is 6.42 Å². The van der Waals surface area contributed by atoms with Crippen LogP contribution in [0.5, 0.6) is 11.5 Å². The molecule has 0 radical (unpaired) electrons. The zero-order chi connectivity index (χ0) is 12.8. The molecule has 0 heterocycles. The summed E-state index contributed by atoms with van der Waals surface area (Å²) in [6, 6.07) is 4.94. The minimum Gasteiger partial charge on any atom is -0.493 e. The Balaban J connectivity index is 2.90. The SMILES string of the molecule is COc1cccc(NC(=O)CC(=O)O)c1OC. The van der Waals surface area contributed by atoms with E-state index in [-0.39, 0.29) is 0 Å². The third-order valence-electron chi connectivity index (χ3n) is 1.99. The lowest BCUT2D eigenvalue weighted by Crippen LogP contribution is -2.16. The van der Waals surface area contributed by atoms with Crippen LogP contribution in [0.2, 0.25) is 0 Å². The number of hydrogen-bond donors (Lipinski definition) is 2. The van der Waals surface area contributed by atoms with E-state index in [4.69, 9.17) is 14.6 Å². The van der Waals surface area contributed by atoms with E-state index in [1.807, 2.05) is 0 Å². The van der Waals surface area contributed by atoms with Gasteiger partial charge in [-0.2, -0.15) is 0 Å². The smallest absolute Gasteiger partial charge is 0.312 e. The summed E-state index contributed by atoms with van der Waals surface area (Å²) < 4.78 is 10.1. The highest BCUT2D eigenvalue weighted by atomic mass is 16.5. The molecule has 0 bridgehead atoms. The third-order valence-corrected chi connectivity index (χ3v) is 1.99. The van der Waals surface area contributed by atoms with Crippen LogP contribution < -0.4 is 14.8 Å². The van der Waals surface area contributed by atoms with Gasteiger partial charge in [-0.15, -0.1) is 0 Å². The molecule has 0 aliphatic carbocycles. The van der Waals surface area contributed by atoms with Crippen molar-refractivity contribution in [2.75, 3.05) is 19.5 Å². The van der Waals surface area contributed by atoms with Crippen LogP contribution >= 0.6 is 0 Å². The number of methoxy groups -OCH3 is 2. The number of benzene rings is 1. The van der Waals surface area contributed by atoms with Crippen molar-refractivity contribution in [1.29, 1.82) is 0 Å². The maximum atomic E-state index is 11.3. The van der Waals surface area contributed by atoms with Crippen LogP contribution in [0.1, 0.15) is 6.42 Å². The molecule has 6 nitrogen and oxygen atoms in total. The number of hydrogen-bond acceptors (Lipinski definition) is 4. The number of aliphatic carboxylic acids is 1. The largest absolute Gasteiger partial charge is 0.493 e. The second-order valence-electron chi connectivity index (χ2n) is 3.16. The molecule has 0 saturated carbocycles. The highest BCUT2D eigenvalue weighted by Gasteiger charge is 2.13. The van der Waals surface area contributed by atoms with Gasteiger partial charge in [0.15, 0.2) is 11.5 Å². The Hall–Kier alpha value is -2.24. The Bertz CT molecular complexity index is 430. The van der Waals surface area contributed by atoms with Gasteiger partial charge in [0.1, 0.15) is 6.42 Å². The van der Waals surface area contributed by atoms with E-state index in [9.17, 15) is 9.59 Å². The Morgan fingerprint density at radius 3 is 2.53 bits per heavy atom. The molecule has 0 aliphatic heterocycles. The molecule has 1 rings (SSSR count). The molecule has 0 unspecified atom stereocenters. The van der Waals surface area contributed by atoms with Crippen LogP contribution in [0.15, 0.2) is 18.2 Å². The first kappa shape index (κ1) is 12.8. The Kier molecular flexibility index (Phi) is 4.33. The van der Waals surface area contributed by atoms with Crippen LogP contribution in [0.3, 0.4) is 0 Å². The van der Waals surface area contributed by atoms with Crippen molar-refractivity contribution in [1.82, 2.24) is 0 Å². The first-order chi connectivity index (χ1) is 8.08. The van der Waals surface area contributed by atoms with Crippen LogP contribution in [0.4, 0.5) is 5.69 Å². The highest BCUT2D eigenvalue weighted by molar-refractivity contribution is 6.02. The van der Waals surface area contributed by atoms with E-state index in [2.05, 4.69) is 5.32 Å². The second kappa shape index (κ2) is 5.74. The van der Waals surface area contributed by atoms with Crippen molar-refractivity contribution in [3.8, 4) is 11.5 Å². The number of para-hydroxylation sites is 1. The van der Waals surface area contributed by atoms with Gasteiger partial charge >= 0.3 is 5.97 Å². The molecule has 0 aromatic heterocycles. The number of nitrogens with one attached hydrogen (secondary N) is 1. The fourth-order valence-electron chi connectivity index (χ4n) is 1.32. The average Bonchev–Trinajstić information content (AvgIpc) is 2.27. The van der Waals surface area contributed by atoms with E-state index >= 15 is 0 Å². The number of carboxylic acids is 1. The van der Waals surface area contributed by atoms with E-state index < -0.39 is 18.3 Å². The minimum absolute atomic E-state index is 0.355. The molecular weight excluding hydrogens is 226 g/mol. The highest BCUT2D eigenvalue weighted by Crippen LogP contribution is 2.34. The van der Waals surface area contributed by atoms with Gasteiger partial charge in [-0.05, 0) is 12.1 Å². The molecule has 0 saturated heterocycles. The average molecular weight is 239 g/mol. The molecular formula is C11H13NO5. The molecule has 2 N–H and O–H groups in total.